The molecule has 0 spiro atoms. The van der Waals surface area contributed by atoms with Gasteiger partial charge in [0.25, 0.3) is 5.91 Å². The SMILES string of the molecule is CCOC(=O)c1c(NC(=O)c2cccc(OC)c2)sc2c1C(C(=O)OCC)CCC2. The summed E-state index contributed by atoms with van der Waals surface area (Å²) >= 11 is 1.32. The first-order chi connectivity index (χ1) is 14.5. The van der Waals surface area contributed by atoms with E-state index < -0.39 is 11.9 Å². The molecule has 1 heterocycles. The van der Waals surface area contributed by atoms with Crippen LogP contribution in [0.2, 0.25) is 0 Å². The smallest absolute Gasteiger partial charge is 0.341 e. The molecule has 1 unspecified atom stereocenters. The van der Waals surface area contributed by atoms with Crippen LogP contribution in [0.25, 0.3) is 0 Å². The lowest BCUT2D eigenvalue weighted by atomic mass is 9.85. The van der Waals surface area contributed by atoms with E-state index in [-0.39, 0.29) is 30.7 Å². The van der Waals surface area contributed by atoms with E-state index in [2.05, 4.69) is 5.32 Å². The van der Waals surface area contributed by atoms with Gasteiger partial charge in [-0.25, -0.2) is 4.79 Å². The lowest BCUT2D eigenvalue weighted by Crippen LogP contribution is -2.23. The number of hydrogen-bond donors (Lipinski definition) is 1. The third kappa shape index (κ3) is 4.48. The lowest BCUT2D eigenvalue weighted by Gasteiger charge is -2.22. The van der Waals surface area contributed by atoms with Gasteiger partial charge in [-0.1, -0.05) is 6.07 Å². The van der Waals surface area contributed by atoms with Gasteiger partial charge in [0.1, 0.15) is 10.8 Å². The van der Waals surface area contributed by atoms with E-state index >= 15 is 0 Å². The first-order valence-corrected chi connectivity index (χ1v) is 10.8. The Morgan fingerprint density at radius 2 is 1.93 bits per heavy atom. The van der Waals surface area contributed by atoms with Crippen molar-refractivity contribution in [2.75, 3.05) is 25.6 Å². The summed E-state index contributed by atoms with van der Waals surface area (Å²) in [4.78, 5) is 39.1. The van der Waals surface area contributed by atoms with Crippen molar-refractivity contribution in [2.45, 2.75) is 39.0 Å². The van der Waals surface area contributed by atoms with Gasteiger partial charge in [-0.05, 0) is 56.9 Å². The minimum Gasteiger partial charge on any atom is -0.497 e. The number of thiophene rings is 1. The molecule has 2 aromatic rings. The number of fused-ring (bicyclic) bond motifs is 1. The monoisotopic (exact) mass is 431 g/mol. The second kappa shape index (κ2) is 9.75. The summed E-state index contributed by atoms with van der Waals surface area (Å²) in [5, 5.41) is 3.23. The van der Waals surface area contributed by atoms with Crippen LogP contribution in [0.3, 0.4) is 0 Å². The summed E-state index contributed by atoms with van der Waals surface area (Å²) in [5.41, 5.74) is 1.28. The van der Waals surface area contributed by atoms with E-state index in [9.17, 15) is 14.4 Å². The van der Waals surface area contributed by atoms with Crippen molar-refractivity contribution in [3.05, 3.63) is 45.8 Å². The molecule has 7 nitrogen and oxygen atoms in total. The minimum atomic E-state index is -0.549. The quantitative estimate of drug-likeness (QED) is 0.662. The number of hydrogen-bond acceptors (Lipinski definition) is 7. The maximum Gasteiger partial charge on any atom is 0.341 e. The van der Waals surface area contributed by atoms with Gasteiger partial charge in [-0.15, -0.1) is 11.3 Å². The van der Waals surface area contributed by atoms with E-state index in [1.807, 2.05) is 0 Å². The van der Waals surface area contributed by atoms with Crippen molar-refractivity contribution in [1.82, 2.24) is 0 Å². The fourth-order valence-electron chi connectivity index (χ4n) is 3.57. The third-order valence-corrected chi connectivity index (χ3v) is 6.06. The zero-order chi connectivity index (χ0) is 21.7. The second-order valence-electron chi connectivity index (χ2n) is 6.75. The van der Waals surface area contributed by atoms with Crippen molar-refractivity contribution in [1.29, 1.82) is 0 Å². The second-order valence-corrected chi connectivity index (χ2v) is 7.85. The Labute approximate surface area is 179 Å². The molecule has 3 rings (SSSR count). The van der Waals surface area contributed by atoms with Crippen LogP contribution in [0.5, 0.6) is 5.75 Å². The number of anilines is 1. The summed E-state index contributed by atoms with van der Waals surface area (Å²) in [7, 11) is 1.53. The van der Waals surface area contributed by atoms with E-state index in [1.54, 1.807) is 38.1 Å². The average Bonchev–Trinajstić information content (AvgIpc) is 3.12. The predicted octanol–water partition coefficient (Wildman–Crippen LogP) is 4.17. The standard InChI is InChI=1S/C22H25NO6S/c1-4-28-21(25)15-10-7-11-16-17(15)18(22(26)29-5-2)20(30-16)23-19(24)13-8-6-9-14(12-13)27-3/h6,8-9,12,15H,4-5,7,10-11H2,1-3H3,(H,23,24). The number of nitrogens with one attached hydrogen (secondary N) is 1. The van der Waals surface area contributed by atoms with Crippen LogP contribution in [-0.4, -0.2) is 38.2 Å². The first-order valence-electron chi connectivity index (χ1n) is 9.94. The van der Waals surface area contributed by atoms with E-state index in [4.69, 9.17) is 14.2 Å². The van der Waals surface area contributed by atoms with Crippen molar-refractivity contribution in [3.8, 4) is 5.75 Å². The van der Waals surface area contributed by atoms with Crippen molar-refractivity contribution < 1.29 is 28.6 Å². The van der Waals surface area contributed by atoms with Crippen LogP contribution in [-0.2, 0) is 20.7 Å². The van der Waals surface area contributed by atoms with Gasteiger partial charge in [-0.3, -0.25) is 9.59 Å². The fraction of sp³-hybridized carbons (Fsp3) is 0.409. The molecule has 0 fully saturated rings. The van der Waals surface area contributed by atoms with Gasteiger partial charge in [-0.2, -0.15) is 0 Å². The van der Waals surface area contributed by atoms with Crippen molar-refractivity contribution >= 4 is 34.2 Å². The molecule has 1 aliphatic rings. The summed E-state index contributed by atoms with van der Waals surface area (Å²) < 4.78 is 15.7. The molecule has 1 aromatic heterocycles. The Kier molecular flexibility index (Phi) is 7.10. The molecular formula is C22H25NO6S. The van der Waals surface area contributed by atoms with Crippen LogP contribution in [0.1, 0.15) is 63.8 Å². The molecule has 30 heavy (non-hydrogen) atoms. The van der Waals surface area contributed by atoms with Crippen LogP contribution in [0.4, 0.5) is 5.00 Å². The van der Waals surface area contributed by atoms with Crippen LogP contribution in [0, 0.1) is 0 Å². The number of methoxy groups -OCH3 is 1. The van der Waals surface area contributed by atoms with Gasteiger partial charge in [0.15, 0.2) is 0 Å². The molecule has 8 heteroatoms. The van der Waals surface area contributed by atoms with Gasteiger partial charge < -0.3 is 19.5 Å². The highest BCUT2D eigenvalue weighted by Crippen LogP contribution is 2.44. The molecule has 0 saturated carbocycles. The Morgan fingerprint density at radius 1 is 1.17 bits per heavy atom. The summed E-state index contributed by atoms with van der Waals surface area (Å²) in [6.45, 7) is 3.93. The lowest BCUT2D eigenvalue weighted by molar-refractivity contribution is -0.145. The highest BCUT2D eigenvalue weighted by Gasteiger charge is 2.36. The number of aryl methyl sites for hydroxylation is 1. The van der Waals surface area contributed by atoms with Gasteiger partial charge >= 0.3 is 11.9 Å². The molecule has 0 bridgehead atoms. The Hall–Kier alpha value is -2.87. The first kappa shape index (κ1) is 21.8. The topological polar surface area (TPSA) is 90.9 Å². The zero-order valence-corrected chi connectivity index (χ0v) is 18.1. The molecule has 0 saturated heterocycles. The molecule has 160 valence electrons. The molecule has 1 N–H and O–H groups in total. The summed E-state index contributed by atoms with van der Waals surface area (Å²) in [5.74, 6) is -1.25. The van der Waals surface area contributed by atoms with E-state index in [0.717, 1.165) is 17.7 Å². The highest BCUT2D eigenvalue weighted by molar-refractivity contribution is 7.17. The van der Waals surface area contributed by atoms with Crippen LogP contribution in [0.15, 0.2) is 24.3 Å². The Morgan fingerprint density at radius 3 is 2.63 bits per heavy atom. The number of carbonyl (C=O) groups excluding carboxylic acids is 3. The maximum absolute atomic E-state index is 12.8. The maximum atomic E-state index is 12.8. The number of amides is 1. The zero-order valence-electron chi connectivity index (χ0n) is 17.3. The van der Waals surface area contributed by atoms with Crippen molar-refractivity contribution in [3.63, 3.8) is 0 Å². The Balaban J connectivity index is 2.01. The molecule has 1 amide bonds. The van der Waals surface area contributed by atoms with Gasteiger partial charge in [0, 0.05) is 10.4 Å². The van der Waals surface area contributed by atoms with Gasteiger partial charge in [0.05, 0.1) is 31.8 Å². The predicted molar refractivity (Wildman–Crippen MR) is 114 cm³/mol. The molecular weight excluding hydrogens is 406 g/mol. The van der Waals surface area contributed by atoms with E-state index in [1.165, 1.54) is 18.4 Å². The van der Waals surface area contributed by atoms with Crippen LogP contribution < -0.4 is 10.1 Å². The molecule has 0 aliphatic heterocycles. The van der Waals surface area contributed by atoms with Crippen molar-refractivity contribution in [2.24, 2.45) is 0 Å². The number of ether oxygens (including phenoxy) is 3. The summed E-state index contributed by atoms with van der Waals surface area (Å²) in [6.07, 6.45) is 2.14. The highest BCUT2D eigenvalue weighted by atomic mass is 32.1. The van der Waals surface area contributed by atoms with Gasteiger partial charge in [0.2, 0.25) is 0 Å². The third-order valence-electron chi connectivity index (χ3n) is 4.88. The largest absolute Gasteiger partial charge is 0.497 e. The molecule has 1 aromatic carbocycles. The Bertz CT molecular complexity index is 951. The molecule has 1 atom stereocenters. The number of carbonyl (C=O) groups is 3. The summed E-state index contributed by atoms with van der Waals surface area (Å²) in [6, 6.07) is 6.75. The van der Waals surface area contributed by atoms with Crippen LogP contribution >= 0.6 is 11.3 Å². The number of benzene rings is 1. The van der Waals surface area contributed by atoms with E-state index in [0.29, 0.717) is 28.3 Å². The number of rotatable bonds is 7. The molecule has 0 radical (unpaired) electrons. The normalized spacial score (nSPS) is 15.1. The average molecular weight is 432 g/mol. The minimum absolute atomic E-state index is 0.191. The number of esters is 2. The fourth-order valence-corrected chi connectivity index (χ4v) is 4.85. The molecule has 1 aliphatic carbocycles.